The van der Waals surface area contributed by atoms with Crippen LogP contribution in [-0.2, 0) is 14.8 Å². The minimum Gasteiger partial charge on any atom is -0.465 e. The highest BCUT2D eigenvalue weighted by atomic mass is 32.2. The van der Waals surface area contributed by atoms with Crippen LogP contribution in [0.5, 0.6) is 0 Å². The van der Waals surface area contributed by atoms with E-state index in [2.05, 4.69) is 45.3 Å². The zero-order valence-corrected chi connectivity index (χ0v) is 22.7. The third-order valence-electron chi connectivity index (χ3n) is 7.20. The molecule has 0 unspecified atom stereocenters. The Hall–Kier alpha value is -3.36. The summed E-state index contributed by atoms with van der Waals surface area (Å²) in [6.07, 6.45) is 6.58. The standard InChI is InChI=1S/C29H35N3O4S/c1-20-18-24(32(3)23-12-10-22(11-13-23)21-8-6-5-7-9-21)14-16-27(20)31-28-17-15-25(37(34,35)30-2)19-26(28)29(33)36-4/h10-19,21,30-31H,5-9H2,1-4H3. The van der Waals surface area contributed by atoms with E-state index < -0.39 is 16.0 Å². The number of aryl methyl sites for hydroxylation is 1. The first-order valence-corrected chi connectivity index (χ1v) is 14.1. The van der Waals surface area contributed by atoms with Crippen molar-refractivity contribution in [3.63, 3.8) is 0 Å². The fourth-order valence-electron chi connectivity index (χ4n) is 4.89. The maximum Gasteiger partial charge on any atom is 0.340 e. The summed E-state index contributed by atoms with van der Waals surface area (Å²) in [5.74, 6) is 0.0596. The number of benzene rings is 3. The lowest BCUT2D eigenvalue weighted by atomic mass is 9.84. The summed E-state index contributed by atoms with van der Waals surface area (Å²) in [6.45, 7) is 1.99. The summed E-state index contributed by atoms with van der Waals surface area (Å²) >= 11 is 0. The van der Waals surface area contributed by atoms with Gasteiger partial charge in [-0.1, -0.05) is 31.4 Å². The Kier molecular flexibility index (Phi) is 8.19. The van der Waals surface area contributed by atoms with Gasteiger partial charge in [-0.3, -0.25) is 0 Å². The van der Waals surface area contributed by atoms with Crippen LogP contribution in [0.3, 0.4) is 0 Å². The lowest BCUT2D eigenvalue weighted by Gasteiger charge is -2.24. The lowest BCUT2D eigenvalue weighted by molar-refractivity contribution is 0.0601. The molecule has 1 aliphatic rings. The van der Waals surface area contributed by atoms with Crippen LogP contribution in [0.2, 0.25) is 0 Å². The molecule has 0 amide bonds. The summed E-state index contributed by atoms with van der Waals surface area (Å²) in [5, 5.41) is 3.27. The van der Waals surface area contributed by atoms with Gasteiger partial charge >= 0.3 is 5.97 Å². The molecular formula is C29H35N3O4S. The van der Waals surface area contributed by atoms with Crippen molar-refractivity contribution in [2.45, 2.75) is 49.8 Å². The normalized spacial score (nSPS) is 14.3. The Morgan fingerprint density at radius 2 is 1.57 bits per heavy atom. The van der Waals surface area contributed by atoms with E-state index in [0.717, 1.165) is 22.6 Å². The molecule has 7 nitrogen and oxygen atoms in total. The maximum atomic E-state index is 12.4. The molecule has 3 aromatic carbocycles. The fraction of sp³-hybridized carbons (Fsp3) is 0.345. The minimum absolute atomic E-state index is 0.0100. The van der Waals surface area contributed by atoms with Gasteiger partial charge in [0.1, 0.15) is 0 Å². The molecule has 8 heteroatoms. The molecule has 0 saturated heterocycles. The molecule has 1 aliphatic carbocycles. The molecule has 3 aromatic rings. The number of methoxy groups -OCH3 is 1. The monoisotopic (exact) mass is 521 g/mol. The molecule has 0 aromatic heterocycles. The van der Waals surface area contributed by atoms with Gasteiger partial charge in [0.15, 0.2) is 0 Å². The smallest absolute Gasteiger partial charge is 0.340 e. The number of nitrogens with zero attached hydrogens (tertiary/aromatic N) is 1. The van der Waals surface area contributed by atoms with E-state index in [1.165, 1.54) is 64.0 Å². The minimum atomic E-state index is -3.70. The van der Waals surface area contributed by atoms with Crippen LogP contribution in [-0.4, -0.2) is 35.6 Å². The second-order valence-electron chi connectivity index (χ2n) is 9.52. The predicted octanol–water partition coefficient (Wildman–Crippen LogP) is 6.25. The second kappa shape index (κ2) is 11.4. The number of hydrogen-bond acceptors (Lipinski definition) is 6. The SMILES string of the molecule is CNS(=O)(=O)c1ccc(Nc2ccc(N(C)c3ccc(C4CCCCC4)cc3)cc2C)c(C(=O)OC)c1. The topological polar surface area (TPSA) is 87.7 Å². The van der Waals surface area contributed by atoms with Gasteiger partial charge in [0.2, 0.25) is 10.0 Å². The number of esters is 1. The van der Waals surface area contributed by atoms with Gasteiger partial charge in [0.25, 0.3) is 0 Å². The molecule has 1 fully saturated rings. The summed E-state index contributed by atoms with van der Waals surface area (Å²) in [6, 6.07) is 19.3. The van der Waals surface area contributed by atoms with Crippen molar-refractivity contribution >= 4 is 38.7 Å². The molecule has 0 spiro atoms. The van der Waals surface area contributed by atoms with E-state index in [-0.39, 0.29) is 10.5 Å². The molecular weight excluding hydrogens is 486 g/mol. The van der Waals surface area contributed by atoms with E-state index in [1.54, 1.807) is 6.07 Å². The van der Waals surface area contributed by atoms with Crippen molar-refractivity contribution in [1.29, 1.82) is 0 Å². The number of anilines is 4. The van der Waals surface area contributed by atoms with E-state index in [9.17, 15) is 13.2 Å². The van der Waals surface area contributed by atoms with Crippen LogP contribution in [0, 0.1) is 6.92 Å². The van der Waals surface area contributed by atoms with Gasteiger partial charge in [-0.2, -0.15) is 0 Å². The number of nitrogens with one attached hydrogen (secondary N) is 2. The summed E-state index contributed by atoms with van der Waals surface area (Å²) in [4.78, 5) is 14.6. The number of ether oxygens (including phenoxy) is 1. The molecule has 196 valence electrons. The molecule has 4 rings (SSSR count). The van der Waals surface area contributed by atoms with Gasteiger partial charge in [-0.15, -0.1) is 0 Å². The second-order valence-corrected chi connectivity index (χ2v) is 11.4. The van der Waals surface area contributed by atoms with Crippen molar-refractivity contribution in [2.24, 2.45) is 0 Å². The quantitative estimate of drug-likeness (QED) is 0.341. The van der Waals surface area contributed by atoms with Crippen LogP contribution >= 0.6 is 0 Å². The summed E-state index contributed by atoms with van der Waals surface area (Å²) in [5.41, 5.74) is 5.97. The molecule has 0 radical (unpaired) electrons. The molecule has 1 saturated carbocycles. The number of sulfonamides is 1. The van der Waals surface area contributed by atoms with Gasteiger partial charge < -0.3 is 15.0 Å². The Morgan fingerprint density at radius 3 is 2.19 bits per heavy atom. The van der Waals surface area contributed by atoms with Crippen LogP contribution in [0.15, 0.2) is 65.6 Å². The van der Waals surface area contributed by atoms with Crippen molar-refractivity contribution in [3.05, 3.63) is 77.4 Å². The zero-order valence-electron chi connectivity index (χ0n) is 21.9. The average Bonchev–Trinajstić information content (AvgIpc) is 2.94. The van der Waals surface area contributed by atoms with Gasteiger partial charge in [0, 0.05) is 24.1 Å². The van der Waals surface area contributed by atoms with Crippen LogP contribution in [0.25, 0.3) is 0 Å². The summed E-state index contributed by atoms with van der Waals surface area (Å²) < 4.78 is 31.6. The molecule has 0 atom stereocenters. The highest BCUT2D eigenvalue weighted by Crippen LogP contribution is 2.35. The molecule has 2 N–H and O–H groups in total. The first kappa shape index (κ1) is 26.7. The van der Waals surface area contributed by atoms with Crippen molar-refractivity contribution in [1.82, 2.24) is 4.72 Å². The molecule has 0 bridgehead atoms. The summed E-state index contributed by atoms with van der Waals surface area (Å²) in [7, 11) is 0.940. The fourth-order valence-corrected chi connectivity index (χ4v) is 5.65. The van der Waals surface area contributed by atoms with Crippen molar-refractivity contribution < 1.29 is 17.9 Å². The molecule has 0 heterocycles. The number of carbonyl (C=O) groups excluding carboxylic acids is 1. The Morgan fingerprint density at radius 1 is 0.919 bits per heavy atom. The van der Waals surface area contributed by atoms with Gasteiger partial charge in [-0.25, -0.2) is 17.9 Å². The zero-order chi connectivity index (χ0) is 26.6. The Bertz CT molecular complexity index is 1360. The first-order chi connectivity index (χ1) is 17.7. The van der Waals surface area contributed by atoms with E-state index in [0.29, 0.717) is 11.6 Å². The highest BCUT2D eigenvalue weighted by Gasteiger charge is 2.20. The third-order valence-corrected chi connectivity index (χ3v) is 8.61. The largest absolute Gasteiger partial charge is 0.465 e. The lowest BCUT2D eigenvalue weighted by Crippen LogP contribution is -2.19. The van der Waals surface area contributed by atoms with E-state index in [1.807, 2.05) is 26.1 Å². The van der Waals surface area contributed by atoms with Crippen LogP contribution in [0.1, 0.15) is 59.5 Å². The van der Waals surface area contributed by atoms with Crippen LogP contribution < -0.4 is 14.9 Å². The Balaban J connectivity index is 1.55. The molecule has 0 aliphatic heterocycles. The predicted molar refractivity (Wildman–Crippen MR) is 149 cm³/mol. The van der Waals surface area contributed by atoms with E-state index >= 15 is 0 Å². The highest BCUT2D eigenvalue weighted by molar-refractivity contribution is 7.89. The van der Waals surface area contributed by atoms with Crippen molar-refractivity contribution in [2.75, 3.05) is 31.4 Å². The van der Waals surface area contributed by atoms with Crippen LogP contribution in [0.4, 0.5) is 22.7 Å². The number of rotatable bonds is 8. The first-order valence-electron chi connectivity index (χ1n) is 12.6. The maximum absolute atomic E-state index is 12.4. The van der Waals surface area contributed by atoms with Gasteiger partial charge in [0.05, 0.1) is 23.3 Å². The number of carbonyl (C=O) groups is 1. The average molecular weight is 522 g/mol. The van der Waals surface area contributed by atoms with Gasteiger partial charge in [-0.05, 0) is 92.4 Å². The third kappa shape index (κ3) is 5.97. The molecule has 37 heavy (non-hydrogen) atoms. The van der Waals surface area contributed by atoms with Crippen molar-refractivity contribution in [3.8, 4) is 0 Å². The Labute approximate surface area is 219 Å². The van der Waals surface area contributed by atoms with E-state index in [4.69, 9.17) is 4.74 Å². The number of hydrogen-bond donors (Lipinski definition) is 2.